The molecule has 3 rings (SSSR count). The maximum atomic E-state index is 13.9. The second-order valence-electron chi connectivity index (χ2n) is 5.80. The van der Waals surface area contributed by atoms with Gasteiger partial charge in [-0.15, -0.1) is 0 Å². The van der Waals surface area contributed by atoms with E-state index in [0.717, 1.165) is 12.1 Å². The Labute approximate surface area is 153 Å². The Morgan fingerprint density at radius 2 is 1.80 bits per heavy atom. The van der Waals surface area contributed by atoms with Crippen molar-refractivity contribution < 1.29 is 18.4 Å². The number of piperidine rings is 1. The molecular weight excluding hydrogens is 371 g/mol. The molecule has 2 aromatic carbocycles. The molecule has 2 aromatic rings. The van der Waals surface area contributed by atoms with E-state index in [1.165, 1.54) is 4.90 Å². The summed E-state index contributed by atoms with van der Waals surface area (Å²) >= 11 is 12.3. The molecule has 1 aliphatic heterocycles. The van der Waals surface area contributed by atoms with Crippen molar-refractivity contribution >= 4 is 40.6 Å². The van der Waals surface area contributed by atoms with Gasteiger partial charge in [-0.25, -0.2) is 8.78 Å². The minimum absolute atomic E-state index is 0.0396. The van der Waals surface area contributed by atoms with Crippen molar-refractivity contribution in [3.05, 3.63) is 63.6 Å². The first-order valence-corrected chi connectivity index (χ1v) is 8.37. The number of Topliss-reactive ketones (excluding diaryl/α,β-unsaturated/α-hetero) is 1. The zero-order chi connectivity index (χ0) is 18.1. The molecule has 130 valence electrons. The number of nitrogens with zero attached hydrogens (tertiary/aromatic N) is 1. The van der Waals surface area contributed by atoms with Crippen LogP contribution in [-0.2, 0) is 4.79 Å². The van der Waals surface area contributed by atoms with Crippen molar-refractivity contribution in [2.75, 3.05) is 11.4 Å². The van der Waals surface area contributed by atoms with Crippen LogP contribution in [0.4, 0.5) is 14.5 Å². The predicted octanol–water partition coefficient (Wildman–Crippen LogP) is 4.90. The summed E-state index contributed by atoms with van der Waals surface area (Å²) in [6, 6.07) is 7.68. The van der Waals surface area contributed by atoms with Crippen LogP contribution >= 0.6 is 23.2 Å². The van der Waals surface area contributed by atoms with Crippen molar-refractivity contribution in [1.29, 1.82) is 0 Å². The number of anilines is 1. The molecule has 0 aromatic heterocycles. The molecule has 1 amide bonds. The quantitative estimate of drug-likeness (QED) is 0.707. The van der Waals surface area contributed by atoms with E-state index in [-0.39, 0.29) is 30.9 Å². The van der Waals surface area contributed by atoms with Crippen molar-refractivity contribution in [2.45, 2.75) is 12.8 Å². The van der Waals surface area contributed by atoms with E-state index >= 15 is 0 Å². The number of halogens is 4. The fourth-order valence-corrected chi connectivity index (χ4v) is 3.53. The highest BCUT2D eigenvalue weighted by Gasteiger charge is 2.34. The van der Waals surface area contributed by atoms with Crippen molar-refractivity contribution in [1.82, 2.24) is 0 Å². The van der Waals surface area contributed by atoms with Gasteiger partial charge in [-0.2, -0.15) is 0 Å². The minimum atomic E-state index is -0.913. The van der Waals surface area contributed by atoms with E-state index in [2.05, 4.69) is 0 Å². The molecule has 0 spiro atoms. The number of hydrogen-bond donors (Lipinski definition) is 0. The van der Waals surface area contributed by atoms with Gasteiger partial charge in [-0.3, -0.25) is 9.59 Å². The topological polar surface area (TPSA) is 37.4 Å². The fourth-order valence-electron chi connectivity index (χ4n) is 2.93. The van der Waals surface area contributed by atoms with Gasteiger partial charge in [0.15, 0.2) is 5.78 Å². The SMILES string of the molecule is O=C(c1ccc(F)cc1F)C1CCC(=O)N(c2c(Cl)cccc2Cl)C1. The second-order valence-corrected chi connectivity index (χ2v) is 6.61. The lowest BCUT2D eigenvalue weighted by Gasteiger charge is -2.33. The van der Waals surface area contributed by atoms with Gasteiger partial charge in [0.1, 0.15) is 11.6 Å². The van der Waals surface area contributed by atoms with E-state index in [1.807, 2.05) is 0 Å². The van der Waals surface area contributed by atoms with Gasteiger partial charge < -0.3 is 4.90 Å². The van der Waals surface area contributed by atoms with Gasteiger partial charge in [-0.05, 0) is 30.7 Å². The number of carbonyl (C=O) groups excluding carboxylic acids is 2. The number of hydrogen-bond acceptors (Lipinski definition) is 2. The van der Waals surface area contributed by atoms with Crippen molar-refractivity contribution in [2.24, 2.45) is 5.92 Å². The Morgan fingerprint density at radius 1 is 1.12 bits per heavy atom. The summed E-state index contributed by atoms with van der Waals surface area (Å²) in [4.78, 5) is 26.3. The van der Waals surface area contributed by atoms with Crippen LogP contribution in [0.3, 0.4) is 0 Å². The zero-order valence-electron chi connectivity index (χ0n) is 12.9. The molecule has 1 saturated heterocycles. The summed E-state index contributed by atoms with van der Waals surface area (Å²) in [6.45, 7) is 0.0396. The molecule has 3 nitrogen and oxygen atoms in total. The normalized spacial score (nSPS) is 17.7. The summed E-state index contributed by atoms with van der Waals surface area (Å²) in [5.41, 5.74) is 0.152. The maximum Gasteiger partial charge on any atom is 0.227 e. The number of carbonyl (C=O) groups is 2. The van der Waals surface area contributed by atoms with Crippen LogP contribution in [0.25, 0.3) is 0 Å². The molecule has 0 bridgehead atoms. The lowest BCUT2D eigenvalue weighted by Crippen LogP contribution is -2.43. The summed E-state index contributed by atoms with van der Waals surface area (Å²) in [6.07, 6.45) is 0.397. The minimum Gasteiger partial charge on any atom is -0.309 e. The molecule has 1 aliphatic rings. The highest BCUT2D eigenvalue weighted by Crippen LogP contribution is 2.37. The molecule has 25 heavy (non-hydrogen) atoms. The first-order chi connectivity index (χ1) is 11.9. The average molecular weight is 384 g/mol. The van der Waals surface area contributed by atoms with Gasteiger partial charge in [0, 0.05) is 24.9 Å². The number of amides is 1. The molecule has 0 aliphatic carbocycles. The number of benzene rings is 2. The van der Waals surface area contributed by atoms with E-state index in [1.54, 1.807) is 18.2 Å². The lowest BCUT2D eigenvalue weighted by atomic mass is 9.89. The van der Waals surface area contributed by atoms with Crippen LogP contribution in [0.15, 0.2) is 36.4 Å². The number of ketones is 1. The Kier molecular flexibility index (Phi) is 5.06. The summed E-state index contributed by atoms with van der Waals surface area (Å²) in [7, 11) is 0. The first-order valence-electron chi connectivity index (χ1n) is 7.62. The predicted molar refractivity (Wildman–Crippen MR) is 92.2 cm³/mol. The molecule has 1 heterocycles. The van der Waals surface area contributed by atoms with Crippen LogP contribution in [-0.4, -0.2) is 18.2 Å². The second kappa shape index (κ2) is 7.10. The van der Waals surface area contributed by atoms with Crippen LogP contribution in [0, 0.1) is 17.6 Å². The third kappa shape index (κ3) is 3.53. The summed E-state index contributed by atoms with van der Waals surface area (Å²) in [5, 5.41) is 0.587. The monoisotopic (exact) mass is 383 g/mol. The summed E-state index contributed by atoms with van der Waals surface area (Å²) in [5.74, 6) is -2.97. The van der Waals surface area contributed by atoms with Crippen LogP contribution in [0.2, 0.25) is 10.0 Å². The van der Waals surface area contributed by atoms with Crippen molar-refractivity contribution in [3.63, 3.8) is 0 Å². The molecule has 1 unspecified atom stereocenters. The average Bonchev–Trinajstić information content (AvgIpc) is 2.56. The van der Waals surface area contributed by atoms with Crippen molar-refractivity contribution in [3.8, 4) is 0 Å². The van der Waals surface area contributed by atoms with Gasteiger partial charge in [0.2, 0.25) is 5.91 Å². The smallest absolute Gasteiger partial charge is 0.227 e. The van der Waals surface area contributed by atoms with Gasteiger partial charge in [0.25, 0.3) is 0 Å². The Hall–Kier alpha value is -1.98. The van der Waals surface area contributed by atoms with Crippen LogP contribution < -0.4 is 4.90 Å². The largest absolute Gasteiger partial charge is 0.309 e. The fraction of sp³-hybridized carbons (Fsp3) is 0.222. The van der Waals surface area contributed by atoms with E-state index < -0.39 is 23.3 Å². The molecule has 1 fully saturated rings. The van der Waals surface area contributed by atoms with Gasteiger partial charge in [0.05, 0.1) is 21.3 Å². The summed E-state index contributed by atoms with van der Waals surface area (Å²) < 4.78 is 26.9. The number of para-hydroxylation sites is 1. The van der Waals surface area contributed by atoms with E-state index in [9.17, 15) is 18.4 Å². The zero-order valence-corrected chi connectivity index (χ0v) is 14.5. The number of rotatable bonds is 3. The maximum absolute atomic E-state index is 13.9. The molecule has 0 radical (unpaired) electrons. The highest BCUT2D eigenvalue weighted by atomic mass is 35.5. The third-order valence-electron chi connectivity index (χ3n) is 4.19. The Balaban J connectivity index is 1.90. The van der Waals surface area contributed by atoms with Crippen LogP contribution in [0.1, 0.15) is 23.2 Å². The van der Waals surface area contributed by atoms with E-state index in [0.29, 0.717) is 21.8 Å². The van der Waals surface area contributed by atoms with E-state index in [4.69, 9.17) is 23.2 Å². The van der Waals surface area contributed by atoms with Gasteiger partial charge >= 0.3 is 0 Å². The highest BCUT2D eigenvalue weighted by molar-refractivity contribution is 6.40. The molecule has 1 atom stereocenters. The molecular formula is C18H13Cl2F2NO2. The molecule has 7 heteroatoms. The third-order valence-corrected chi connectivity index (χ3v) is 4.80. The van der Waals surface area contributed by atoms with Gasteiger partial charge in [-0.1, -0.05) is 29.3 Å². The first kappa shape index (κ1) is 17.8. The Bertz CT molecular complexity index is 837. The van der Waals surface area contributed by atoms with Crippen LogP contribution in [0.5, 0.6) is 0 Å². The Morgan fingerprint density at radius 3 is 2.44 bits per heavy atom. The lowest BCUT2D eigenvalue weighted by molar-refractivity contribution is -0.119. The molecule has 0 saturated carbocycles. The molecule has 0 N–H and O–H groups in total. The standard InChI is InChI=1S/C18H13Cl2F2NO2/c19-13-2-1-3-14(20)17(13)23-9-10(4-7-16(23)24)18(25)12-6-5-11(21)8-15(12)22/h1-3,5-6,8,10H,4,7,9H2.